The molecular formula is C31H50N6O7. The normalized spacial score (nSPS) is 12.0. The van der Waals surface area contributed by atoms with Gasteiger partial charge in [-0.15, -0.1) is 0 Å². The molecule has 1 aromatic carbocycles. The number of carbonyl (C=O) groups excluding carboxylic acids is 1. The molecule has 1 atom stereocenters. The number of hydrogen-bond acceptors (Lipinski definition) is 8. The van der Waals surface area contributed by atoms with Crippen LogP contribution in [0.25, 0.3) is 0 Å². The van der Waals surface area contributed by atoms with Gasteiger partial charge in [-0.1, -0.05) is 31.9 Å². The third kappa shape index (κ3) is 17.4. The topological polar surface area (TPSA) is 187 Å². The number of amidine groups is 1. The van der Waals surface area contributed by atoms with Crippen molar-refractivity contribution in [1.29, 1.82) is 5.41 Å². The van der Waals surface area contributed by atoms with Gasteiger partial charge in [-0.2, -0.15) is 0 Å². The zero-order valence-corrected chi connectivity index (χ0v) is 26.4. The molecule has 44 heavy (non-hydrogen) atoms. The number of carboxylic acid groups (broad SMARTS) is 3. The molecule has 0 spiro atoms. The van der Waals surface area contributed by atoms with Crippen LogP contribution in [0.1, 0.15) is 62.6 Å². The highest BCUT2D eigenvalue weighted by Crippen LogP contribution is 2.13. The fourth-order valence-corrected chi connectivity index (χ4v) is 4.88. The lowest BCUT2D eigenvalue weighted by molar-refractivity contribution is -0.139. The summed E-state index contributed by atoms with van der Waals surface area (Å²) >= 11 is 0. The van der Waals surface area contributed by atoms with Crippen LogP contribution in [0.5, 0.6) is 0 Å². The predicted octanol–water partition coefficient (Wildman–Crippen LogP) is 2.40. The molecule has 246 valence electrons. The maximum Gasteiger partial charge on any atom is 0.317 e. The molecule has 0 saturated heterocycles. The van der Waals surface area contributed by atoms with Crippen molar-refractivity contribution in [3.63, 3.8) is 0 Å². The van der Waals surface area contributed by atoms with E-state index in [1.54, 1.807) is 6.07 Å². The van der Waals surface area contributed by atoms with E-state index in [0.29, 0.717) is 57.7 Å². The number of nitrogens with zero attached hydrogens (tertiary/aromatic N) is 4. The molecule has 0 radical (unpaired) electrons. The van der Waals surface area contributed by atoms with Crippen molar-refractivity contribution in [1.82, 2.24) is 20.0 Å². The first-order chi connectivity index (χ1) is 20.8. The molecule has 1 rings (SSSR count). The SMILES string of the molecule is C=NC(=N)c1cc(C)cc(CNC(=O)CN(CCN(CCC)CC(=O)O)CCN(CC[C@H](C)CCCC(=O)O)CC(=O)O)c1. The quantitative estimate of drug-likeness (QED) is 0.0851. The standard InChI is InChI=1S/C31H50N6O7/c1-5-10-35(21-29(41)42)12-14-37(15-13-36(22-30(43)44)11-9-23(2)7-6-8-28(39)40)20-27(38)34-19-25-16-24(3)17-26(18-25)31(32)33-4/h16-18,23,32H,4-15,19-22H2,1-3H3,(H,34,38)(H,39,40)(H,41,42)(H,43,44)/t23-/m1/s1. The molecule has 1 aromatic rings. The van der Waals surface area contributed by atoms with Crippen molar-refractivity contribution < 1.29 is 34.5 Å². The highest BCUT2D eigenvalue weighted by atomic mass is 16.4. The van der Waals surface area contributed by atoms with Gasteiger partial charge in [0.2, 0.25) is 5.91 Å². The van der Waals surface area contributed by atoms with E-state index in [0.717, 1.165) is 24.0 Å². The number of aliphatic carboxylic acids is 3. The monoisotopic (exact) mass is 618 g/mol. The molecular weight excluding hydrogens is 568 g/mol. The van der Waals surface area contributed by atoms with Crippen LogP contribution in [0.4, 0.5) is 0 Å². The molecule has 13 nitrogen and oxygen atoms in total. The van der Waals surface area contributed by atoms with Gasteiger partial charge in [-0.25, -0.2) is 4.99 Å². The number of aryl methyl sites for hydroxylation is 1. The van der Waals surface area contributed by atoms with Gasteiger partial charge in [-0.05, 0) is 69.6 Å². The van der Waals surface area contributed by atoms with E-state index in [2.05, 4.69) is 17.0 Å². The second kappa shape index (κ2) is 21.1. The van der Waals surface area contributed by atoms with Gasteiger partial charge in [0, 0.05) is 44.7 Å². The van der Waals surface area contributed by atoms with Crippen molar-refractivity contribution in [2.24, 2.45) is 10.9 Å². The Bertz CT molecular complexity index is 1110. The van der Waals surface area contributed by atoms with Crippen LogP contribution in [0.3, 0.4) is 0 Å². The molecule has 0 aliphatic heterocycles. The summed E-state index contributed by atoms with van der Waals surface area (Å²) in [5, 5.41) is 38.5. The number of benzene rings is 1. The molecule has 0 fully saturated rings. The largest absolute Gasteiger partial charge is 0.481 e. The van der Waals surface area contributed by atoms with Crippen molar-refractivity contribution >= 4 is 36.4 Å². The van der Waals surface area contributed by atoms with Gasteiger partial charge >= 0.3 is 17.9 Å². The molecule has 13 heteroatoms. The van der Waals surface area contributed by atoms with E-state index < -0.39 is 17.9 Å². The molecule has 0 aromatic heterocycles. The van der Waals surface area contributed by atoms with Crippen LogP contribution in [0.15, 0.2) is 23.2 Å². The van der Waals surface area contributed by atoms with Crippen LogP contribution in [0.2, 0.25) is 0 Å². The Morgan fingerprint density at radius 3 is 1.95 bits per heavy atom. The van der Waals surface area contributed by atoms with Crippen LogP contribution in [-0.4, -0.2) is 125 Å². The van der Waals surface area contributed by atoms with Crippen LogP contribution in [0, 0.1) is 18.3 Å². The highest BCUT2D eigenvalue weighted by Gasteiger charge is 2.18. The molecule has 0 heterocycles. The highest BCUT2D eigenvalue weighted by molar-refractivity contribution is 5.99. The lowest BCUT2D eigenvalue weighted by Gasteiger charge is -2.29. The van der Waals surface area contributed by atoms with Gasteiger partial charge < -0.3 is 20.6 Å². The first kappa shape index (κ1) is 38.3. The number of carboxylic acids is 3. The van der Waals surface area contributed by atoms with Crippen molar-refractivity contribution in [2.75, 3.05) is 58.9 Å². The average Bonchev–Trinajstić information content (AvgIpc) is 2.94. The summed E-state index contributed by atoms with van der Waals surface area (Å²) < 4.78 is 0. The first-order valence-corrected chi connectivity index (χ1v) is 15.1. The summed E-state index contributed by atoms with van der Waals surface area (Å²) in [6, 6.07) is 5.52. The van der Waals surface area contributed by atoms with Crippen LogP contribution >= 0.6 is 0 Å². The third-order valence-electron chi connectivity index (χ3n) is 7.17. The minimum absolute atomic E-state index is 0.0439. The fourth-order valence-electron chi connectivity index (χ4n) is 4.88. The van der Waals surface area contributed by atoms with Gasteiger partial charge in [0.25, 0.3) is 0 Å². The van der Waals surface area contributed by atoms with Crippen molar-refractivity contribution in [3.8, 4) is 0 Å². The van der Waals surface area contributed by atoms with E-state index in [9.17, 15) is 29.4 Å². The summed E-state index contributed by atoms with van der Waals surface area (Å²) in [5.74, 6) is -2.66. The molecule has 5 N–H and O–H groups in total. The lowest BCUT2D eigenvalue weighted by atomic mass is 10.0. The van der Waals surface area contributed by atoms with E-state index in [1.807, 2.05) is 47.6 Å². The van der Waals surface area contributed by atoms with Crippen LogP contribution in [-0.2, 0) is 25.7 Å². The zero-order valence-electron chi connectivity index (χ0n) is 26.4. The molecule has 0 unspecified atom stereocenters. The second-order valence-corrected chi connectivity index (χ2v) is 11.3. The van der Waals surface area contributed by atoms with Gasteiger partial charge in [-0.3, -0.25) is 39.3 Å². The summed E-state index contributed by atoms with van der Waals surface area (Å²) in [6.07, 6.45) is 2.91. The zero-order chi connectivity index (χ0) is 33.1. The Hall–Kier alpha value is -3.68. The fraction of sp³-hybridized carbons (Fsp3) is 0.613. The number of nitrogens with one attached hydrogen (secondary N) is 2. The maximum atomic E-state index is 13.0. The summed E-state index contributed by atoms with van der Waals surface area (Å²) in [6.45, 7) is 12.1. The van der Waals surface area contributed by atoms with Crippen molar-refractivity contribution in [3.05, 3.63) is 34.9 Å². The summed E-state index contributed by atoms with van der Waals surface area (Å²) in [5.41, 5.74) is 2.34. The van der Waals surface area contributed by atoms with Gasteiger partial charge in [0.15, 0.2) is 5.84 Å². The third-order valence-corrected chi connectivity index (χ3v) is 7.17. The molecule has 1 amide bonds. The minimum Gasteiger partial charge on any atom is -0.481 e. The lowest BCUT2D eigenvalue weighted by Crippen LogP contribution is -2.46. The number of rotatable bonds is 24. The van der Waals surface area contributed by atoms with E-state index in [-0.39, 0.29) is 50.3 Å². The first-order valence-electron chi connectivity index (χ1n) is 15.1. The van der Waals surface area contributed by atoms with Crippen molar-refractivity contribution in [2.45, 2.75) is 59.4 Å². The number of amides is 1. The Kier molecular flexibility index (Phi) is 18.4. The minimum atomic E-state index is -0.958. The smallest absolute Gasteiger partial charge is 0.317 e. The Morgan fingerprint density at radius 1 is 0.864 bits per heavy atom. The number of carbonyl (C=O) groups is 4. The van der Waals surface area contributed by atoms with E-state index in [4.69, 9.17) is 10.5 Å². The second-order valence-electron chi connectivity index (χ2n) is 11.3. The summed E-state index contributed by atoms with van der Waals surface area (Å²) in [4.78, 5) is 56.0. The predicted molar refractivity (Wildman–Crippen MR) is 170 cm³/mol. The Balaban J connectivity index is 2.91. The molecule has 0 aliphatic carbocycles. The van der Waals surface area contributed by atoms with E-state index >= 15 is 0 Å². The molecule has 0 aliphatic rings. The van der Waals surface area contributed by atoms with Gasteiger partial charge in [0.1, 0.15) is 0 Å². The molecule has 0 saturated carbocycles. The number of aliphatic imine (C=N–C) groups is 1. The number of hydrogen-bond donors (Lipinski definition) is 5. The van der Waals surface area contributed by atoms with Crippen LogP contribution < -0.4 is 5.32 Å². The summed E-state index contributed by atoms with van der Waals surface area (Å²) in [7, 11) is 0. The average molecular weight is 619 g/mol. The Labute approximate surface area is 260 Å². The van der Waals surface area contributed by atoms with E-state index in [1.165, 1.54) is 0 Å². The molecule has 0 bridgehead atoms. The maximum absolute atomic E-state index is 13.0. The van der Waals surface area contributed by atoms with Gasteiger partial charge in [0.05, 0.1) is 19.6 Å². The Morgan fingerprint density at radius 2 is 1.43 bits per heavy atom.